The summed E-state index contributed by atoms with van der Waals surface area (Å²) in [7, 11) is 1.59. The first-order chi connectivity index (χ1) is 13.9. The lowest BCUT2D eigenvalue weighted by Gasteiger charge is -2.34. The normalized spacial score (nSPS) is 16.5. The quantitative estimate of drug-likeness (QED) is 0.718. The maximum absolute atomic E-state index is 12.9. The minimum atomic E-state index is -0.733. The number of amides is 2. The van der Waals surface area contributed by atoms with Crippen LogP contribution in [0, 0.1) is 6.92 Å². The molecule has 7 heteroatoms. The van der Waals surface area contributed by atoms with Crippen LogP contribution in [0.1, 0.15) is 24.1 Å². The van der Waals surface area contributed by atoms with Crippen LogP contribution in [0.2, 0.25) is 5.02 Å². The maximum atomic E-state index is 12.9. The van der Waals surface area contributed by atoms with Gasteiger partial charge in [-0.2, -0.15) is 0 Å². The van der Waals surface area contributed by atoms with Crippen molar-refractivity contribution in [1.82, 2.24) is 10.2 Å². The van der Waals surface area contributed by atoms with Crippen molar-refractivity contribution in [1.29, 1.82) is 0 Å². The van der Waals surface area contributed by atoms with Gasteiger partial charge < -0.3 is 14.8 Å². The molecule has 0 radical (unpaired) electrons. The van der Waals surface area contributed by atoms with Gasteiger partial charge in [0.1, 0.15) is 12.4 Å². The van der Waals surface area contributed by atoms with E-state index in [0.29, 0.717) is 27.6 Å². The van der Waals surface area contributed by atoms with Crippen molar-refractivity contribution in [2.45, 2.75) is 19.9 Å². The fraction of sp³-hybridized carbons (Fsp3) is 0.273. The predicted octanol–water partition coefficient (Wildman–Crippen LogP) is 4.24. The topological polar surface area (TPSA) is 67.9 Å². The molecule has 2 aromatic carbocycles. The standard InChI is InChI=1S/C22H23ClN2O4/c1-4-28-21(26)19-18(13-29-15-11-9-14(2)10-12-15)25(3)22(27)24-20(19)16-7-5-6-8-17(16)23/h5-12,20H,4,13H2,1-3H3,(H,24,27). The van der Waals surface area contributed by atoms with E-state index in [2.05, 4.69) is 5.32 Å². The van der Waals surface area contributed by atoms with E-state index < -0.39 is 12.0 Å². The first-order valence-electron chi connectivity index (χ1n) is 9.30. The van der Waals surface area contributed by atoms with Crippen LogP contribution in [-0.4, -0.2) is 37.2 Å². The van der Waals surface area contributed by atoms with Gasteiger partial charge in [-0.25, -0.2) is 9.59 Å². The second-order valence-electron chi connectivity index (χ2n) is 6.65. The Labute approximate surface area is 175 Å². The van der Waals surface area contributed by atoms with Crippen LogP contribution in [0.4, 0.5) is 4.79 Å². The van der Waals surface area contributed by atoms with Crippen LogP contribution in [0.3, 0.4) is 0 Å². The number of carbonyl (C=O) groups excluding carboxylic acids is 2. The molecule has 0 aromatic heterocycles. The summed E-state index contributed by atoms with van der Waals surface area (Å²) in [5.41, 5.74) is 2.45. The second-order valence-corrected chi connectivity index (χ2v) is 7.05. The smallest absolute Gasteiger partial charge is 0.338 e. The fourth-order valence-electron chi connectivity index (χ4n) is 3.11. The first-order valence-corrected chi connectivity index (χ1v) is 9.68. The molecular formula is C22H23ClN2O4. The van der Waals surface area contributed by atoms with Gasteiger partial charge in [0, 0.05) is 12.1 Å². The highest BCUT2D eigenvalue weighted by atomic mass is 35.5. The molecule has 0 aliphatic carbocycles. The number of nitrogens with one attached hydrogen (secondary N) is 1. The van der Waals surface area contributed by atoms with E-state index in [1.807, 2.05) is 31.2 Å². The summed E-state index contributed by atoms with van der Waals surface area (Å²) in [6, 6.07) is 13.5. The van der Waals surface area contributed by atoms with Crippen LogP contribution >= 0.6 is 11.6 Å². The molecule has 3 rings (SSSR count). The van der Waals surface area contributed by atoms with Crippen molar-refractivity contribution in [2.75, 3.05) is 20.3 Å². The van der Waals surface area contributed by atoms with Crippen molar-refractivity contribution in [3.05, 3.63) is 76.0 Å². The molecule has 2 aromatic rings. The lowest BCUT2D eigenvalue weighted by Crippen LogP contribution is -2.48. The fourth-order valence-corrected chi connectivity index (χ4v) is 3.35. The number of halogens is 1. The van der Waals surface area contributed by atoms with Crippen LogP contribution in [0.15, 0.2) is 59.8 Å². The number of hydrogen-bond donors (Lipinski definition) is 1. The van der Waals surface area contributed by atoms with Gasteiger partial charge in [-0.1, -0.05) is 47.5 Å². The lowest BCUT2D eigenvalue weighted by atomic mass is 9.94. The molecule has 0 saturated heterocycles. The molecule has 0 saturated carbocycles. The maximum Gasteiger partial charge on any atom is 0.338 e. The summed E-state index contributed by atoms with van der Waals surface area (Å²) >= 11 is 6.35. The van der Waals surface area contributed by atoms with Crippen molar-refractivity contribution in [3.8, 4) is 5.75 Å². The zero-order valence-electron chi connectivity index (χ0n) is 16.6. The average molecular weight is 415 g/mol. The van der Waals surface area contributed by atoms with E-state index in [1.54, 1.807) is 38.2 Å². The molecule has 0 fully saturated rings. The second kappa shape index (κ2) is 9.01. The van der Waals surface area contributed by atoms with Crippen molar-refractivity contribution in [2.24, 2.45) is 0 Å². The van der Waals surface area contributed by atoms with E-state index in [-0.39, 0.29) is 19.2 Å². The molecule has 1 heterocycles. The SMILES string of the molecule is CCOC(=O)C1=C(COc2ccc(C)cc2)N(C)C(=O)NC1c1ccccc1Cl. The third-order valence-electron chi connectivity index (χ3n) is 4.69. The van der Waals surface area contributed by atoms with E-state index in [1.165, 1.54) is 4.90 Å². The van der Waals surface area contributed by atoms with Crippen LogP contribution < -0.4 is 10.1 Å². The highest BCUT2D eigenvalue weighted by molar-refractivity contribution is 6.31. The van der Waals surface area contributed by atoms with Gasteiger partial charge in [-0.05, 0) is 37.6 Å². The van der Waals surface area contributed by atoms with Gasteiger partial charge in [-0.15, -0.1) is 0 Å². The molecule has 1 atom stereocenters. The Morgan fingerprint density at radius 1 is 1.17 bits per heavy atom. The molecular weight excluding hydrogens is 392 g/mol. The van der Waals surface area contributed by atoms with Crippen LogP contribution in [0.5, 0.6) is 5.75 Å². The Balaban J connectivity index is 2.04. The predicted molar refractivity (Wildman–Crippen MR) is 111 cm³/mol. The zero-order chi connectivity index (χ0) is 21.0. The third-order valence-corrected chi connectivity index (χ3v) is 5.03. The molecule has 1 N–H and O–H groups in total. The first kappa shape index (κ1) is 20.7. The number of urea groups is 1. The molecule has 1 aliphatic rings. The summed E-state index contributed by atoms with van der Waals surface area (Å²) < 4.78 is 11.2. The lowest BCUT2D eigenvalue weighted by molar-refractivity contribution is -0.139. The number of nitrogens with zero attached hydrogens (tertiary/aromatic N) is 1. The van der Waals surface area contributed by atoms with Gasteiger partial charge in [0.05, 0.1) is 23.9 Å². The Hall–Kier alpha value is -2.99. The highest BCUT2D eigenvalue weighted by Crippen LogP contribution is 2.34. The summed E-state index contributed by atoms with van der Waals surface area (Å²) in [6.07, 6.45) is 0. The number of carbonyl (C=O) groups is 2. The van der Waals surface area contributed by atoms with E-state index in [0.717, 1.165) is 5.56 Å². The molecule has 1 unspecified atom stereocenters. The van der Waals surface area contributed by atoms with Gasteiger partial charge in [0.2, 0.25) is 0 Å². The van der Waals surface area contributed by atoms with E-state index in [4.69, 9.17) is 21.1 Å². The Morgan fingerprint density at radius 2 is 1.86 bits per heavy atom. The largest absolute Gasteiger partial charge is 0.487 e. The summed E-state index contributed by atoms with van der Waals surface area (Å²) in [6.45, 7) is 3.96. The molecule has 29 heavy (non-hydrogen) atoms. The molecule has 0 bridgehead atoms. The molecule has 1 aliphatic heterocycles. The Bertz CT molecular complexity index is 940. The van der Waals surface area contributed by atoms with Gasteiger partial charge in [0.15, 0.2) is 0 Å². The highest BCUT2D eigenvalue weighted by Gasteiger charge is 2.37. The molecule has 152 valence electrons. The number of rotatable bonds is 6. The number of esters is 1. The minimum Gasteiger partial charge on any atom is -0.487 e. The van der Waals surface area contributed by atoms with Gasteiger partial charge in [-0.3, -0.25) is 4.90 Å². The number of ether oxygens (including phenoxy) is 2. The van der Waals surface area contributed by atoms with Crippen molar-refractivity contribution >= 4 is 23.6 Å². The molecule has 6 nitrogen and oxygen atoms in total. The Kier molecular flexibility index (Phi) is 6.44. The minimum absolute atomic E-state index is 0.0298. The monoisotopic (exact) mass is 414 g/mol. The third kappa shape index (κ3) is 4.54. The van der Waals surface area contributed by atoms with Crippen LogP contribution in [-0.2, 0) is 9.53 Å². The Morgan fingerprint density at radius 3 is 2.52 bits per heavy atom. The number of benzene rings is 2. The summed E-state index contributed by atoms with van der Waals surface area (Å²) in [5.74, 6) is 0.117. The molecule has 2 amide bonds. The van der Waals surface area contributed by atoms with E-state index in [9.17, 15) is 9.59 Å². The summed E-state index contributed by atoms with van der Waals surface area (Å²) in [4.78, 5) is 26.8. The van der Waals surface area contributed by atoms with E-state index >= 15 is 0 Å². The van der Waals surface area contributed by atoms with Gasteiger partial charge in [0.25, 0.3) is 0 Å². The van der Waals surface area contributed by atoms with Crippen LogP contribution in [0.25, 0.3) is 0 Å². The van der Waals surface area contributed by atoms with Crippen molar-refractivity contribution in [3.63, 3.8) is 0 Å². The zero-order valence-corrected chi connectivity index (χ0v) is 17.3. The van der Waals surface area contributed by atoms with Crippen molar-refractivity contribution < 1.29 is 19.1 Å². The summed E-state index contributed by atoms with van der Waals surface area (Å²) in [5, 5.41) is 3.28. The number of aryl methyl sites for hydroxylation is 1. The number of hydrogen-bond acceptors (Lipinski definition) is 4. The average Bonchev–Trinajstić information content (AvgIpc) is 2.70. The van der Waals surface area contributed by atoms with Gasteiger partial charge >= 0.3 is 12.0 Å². The molecule has 0 spiro atoms. The number of likely N-dealkylation sites (N-methyl/N-ethyl adjacent to an activating group) is 1.